The number of nitrogens with zero attached hydrogens (tertiary/aromatic N) is 2. The molecule has 6 aromatic carbocycles. The van der Waals surface area contributed by atoms with Crippen molar-refractivity contribution < 1.29 is 0 Å². The minimum atomic E-state index is -0.0713. The Kier molecular flexibility index (Phi) is 5.34. The molecular weight excluding hydrogens is 565 g/mol. The van der Waals surface area contributed by atoms with E-state index in [1.807, 2.05) is 35.6 Å². The molecule has 0 amide bonds. The molecule has 1 heterocycles. The molecular formula is C42H26N2S. The fraction of sp³-hybridized carbons (Fsp3) is 0.0952. The van der Waals surface area contributed by atoms with Crippen molar-refractivity contribution in [1.29, 1.82) is 10.5 Å². The maximum atomic E-state index is 9.95. The Morgan fingerprint density at radius 2 is 1.24 bits per heavy atom. The van der Waals surface area contributed by atoms with Crippen LogP contribution >= 0.6 is 11.3 Å². The summed E-state index contributed by atoms with van der Waals surface area (Å²) in [6, 6.07) is 45.6. The van der Waals surface area contributed by atoms with Crippen molar-refractivity contribution in [3.8, 4) is 45.5 Å². The zero-order valence-corrected chi connectivity index (χ0v) is 25.7. The summed E-state index contributed by atoms with van der Waals surface area (Å²) in [6.07, 6.45) is 0. The van der Waals surface area contributed by atoms with Gasteiger partial charge < -0.3 is 0 Å². The van der Waals surface area contributed by atoms with Crippen molar-refractivity contribution in [2.24, 2.45) is 0 Å². The van der Waals surface area contributed by atoms with Crippen molar-refractivity contribution in [3.63, 3.8) is 0 Å². The van der Waals surface area contributed by atoms with E-state index in [1.54, 1.807) is 0 Å². The highest BCUT2D eigenvalue weighted by molar-refractivity contribution is 7.26. The van der Waals surface area contributed by atoms with Gasteiger partial charge in [-0.3, -0.25) is 0 Å². The quantitative estimate of drug-likeness (QED) is 0.201. The Hall–Kier alpha value is -5.48. The first-order valence-electron chi connectivity index (χ1n) is 15.3. The van der Waals surface area contributed by atoms with Crippen molar-refractivity contribution in [1.82, 2.24) is 0 Å². The molecule has 0 radical (unpaired) electrons. The van der Waals surface area contributed by atoms with Crippen molar-refractivity contribution in [3.05, 3.63) is 154 Å². The van der Waals surface area contributed by atoms with E-state index < -0.39 is 0 Å². The molecule has 7 aromatic rings. The molecule has 0 saturated heterocycles. The topological polar surface area (TPSA) is 47.6 Å². The van der Waals surface area contributed by atoms with Crippen LogP contribution in [0.1, 0.15) is 58.7 Å². The van der Waals surface area contributed by atoms with E-state index in [0.29, 0.717) is 11.1 Å². The lowest BCUT2D eigenvalue weighted by Gasteiger charge is -2.22. The van der Waals surface area contributed by atoms with E-state index in [1.165, 1.54) is 64.7 Å². The summed E-state index contributed by atoms with van der Waals surface area (Å²) in [5.74, 6) is 0.00386. The van der Waals surface area contributed by atoms with E-state index in [4.69, 9.17) is 0 Å². The lowest BCUT2D eigenvalue weighted by atomic mass is 9.82. The Morgan fingerprint density at radius 3 is 2.02 bits per heavy atom. The molecule has 2 aliphatic rings. The average Bonchev–Trinajstić information content (AvgIpc) is 3.69. The van der Waals surface area contributed by atoms with Crippen LogP contribution in [0.4, 0.5) is 0 Å². The van der Waals surface area contributed by atoms with Gasteiger partial charge in [0.25, 0.3) is 0 Å². The molecule has 45 heavy (non-hydrogen) atoms. The van der Waals surface area contributed by atoms with Crippen LogP contribution < -0.4 is 0 Å². The third-order valence-electron chi connectivity index (χ3n) is 10.0. The molecule has 0 fully saturated rings. The van der Waals surface area contributed by atoms with Gasteiger partial charge in [0.05, 0.1) is 23.3 Å². The molecule has 1 unspecified atom stereocenters. The van der Waals surface area contributed by atoms with Gasteiger partial charge in [-0.15, -0.1) is 11.3 Å². The van der Waals surface area contributed by atoms with E-state index in [-0.39, 0.29) is 11.3 Å². The number of rotatable bonds is 2. The standard InChI is InChI=1S/C42H26N2S/c1-42(2)37-10-6-5-8-28(37)32-16-17-33-36-21-26(13-18-38(36)45-41(33)40(32)42)34-19-24(22-43)11-14-30(34)39-29-9-4-3-7-27(29)35-20-25(23-44)12-15-31(35)39/h3-21,39H,1-2H3. The van der Waals surface area contributed by atoms with Crippen LogP contribution in [0.5, 0.6) is 0 Å². The fourth-order valence-electron chi connectivity index (χ4n) is 7.99. The summed E-state index contributed by atoms with van der Waals surface area (Å²) in [5, 5.41) is 22.1. The lowest BCUT2D eigenvalue weighted by Crippen LogP contribution is -2.14. The minimum absolute atomic E-state index is 0.00386. The van der Waals surface area contributed by atoms with E-state index >= 15 is 0 Å². The normalized spacial score (nSPS) is 15.2. The predicted octanol–water partition coefficient (Wildman–Crippen LogP) is 10.9. The van der Waals surface area contributed by atoms with Crippen LogP contribution in [0.2, 0.25) is 0 Å². The van der Waals surface area contributed by atoms with Gasteiger partial charge in [-0.1, -0.05) is 92.7 Å². The predicted molar refractivity (Wildman–Crippen MR) is 185 cm³/mol. The molecule has 0 spiro atoms. The summed E-state index contributed by atoms with van der Waals surface area (Å²) in [4.78, 5) is 0. The molecule has 3 heteroatoms. The molecule has 1 aromatic heterocycles. The largest absolute Gasteiger partial charge is 0.192 e. The summed E-state index contributed by atoms with van der Waals surface area (Å²) in [7, 11) is 0. The first-order valence-corrected chi connectivity index (χ1v) is 16.1. The highest BCUT2D eigenvalue weighted by atomic mass is 32.1. The molecule has 1 atom stereocenters. The van der Waals surface area contributed by atoms with E-state index in [0.717, 1.165) is 16.7 Å². The van der Waals surface area contributed by atoms with Crippen LogP contribution in [-0.4, -0.2) is 0 Å². The smallest absolute Gasteiger partial charge is 0.0991 e. The number of hydrogen-bond donors (Lipinski definition) is 0. The average molecular weight is 591 g/mol. The van der Waals surface area contributed by atoms with Crippen LogP contribution in [0, 0.1) is 22.7 Å². The summed E-state index contributed by atoms with van der Waals surface area (Å²) in [5.41, 5.74) is 14.8. The summed E-state index contributed by atoms with van der Waals surface area (Å²) >= 11 is 1.89. The van der Waals surface area contributed by atoms with Gasteiger partial charge in [0.15, 0.2) is 0 Å². The number of thiophene rings is 1. The van der Waals surface area contributed by atoms with Gasteiger partial charge >= 0.3 is 0 Å². The minimum Gasteiger partial charge on any atom is -0.192 e. The maximum absolute atomic E-state index is 9.95. The second-order valence-corrected chi connectivity index (χ2v) is 13.7. The monoisotopic (exact) mass is 590 g/mol. The molecule has 0 aliphatic heterocycles. The van der Waals surface area contributed by atoms with Crippen LogP contribution in [0.3, 0.4) is 0 Å². The van der Waals surface area contributed by atoms with Crippen molar-refractivity contribution >= 4 is 31.5 Å². The molecule has 2 aliphatic carbocycles. The second-order valence-electron chi connectivity index (χ2n) is 12.7. The van der Waals surface area contributed by atoms with Crippen molar-refractivity contribution in [2.45, 2.75) is 25.2 Å². The van der Waals surface area contributed by atoms with Crippen molar-refractivity contribution in [2.75, 3.05) is 0 Å². The Bertz CT molecular complexity index is 2500. The van der Waals surface area contributed by atoms with Crippen LogP contribution in [0.25, 0.3) is 53.6 Å². The zero-order chi connectivity index (χ0) is 30.4. The number of fused-ring (bicyclic) bond motifs is 10. The Morgan fingerprint density at radius 1 is 0.578 bits per heavy atom. The molecule has 9 rings (SSSR count). The highest BCUT2D eigenvalue weighted by Gasteiger charge is 2.37. The van der Waals surface area contributed by atoms with Crippen LogP contribution in [0.15, 0.2) is 115 Å². The van der Waals surface area contributed by atoms with Gasteiger partial charge in [-0.25, -0.2) is 0 Å². The fourth-order valence-corrected chi connectivity index (χ4v) is 9.38. The third-order valence-corrected chi connectivity index (χ3v) is 11.2. The van der Waals surface area contributed by atoms with Gasteiger partial charge in [0.1, 0.15) is 0 Å². The van der Waals surface area contributed by atoms with Gasteiger partial charge in [0, 0.05) is 31.5 Å². The van der Waals surface area contributed by atoms with Gasteiger partial charge in [-0.2, -0.15) is 10.5 Å². The molecule has 0 bridgehead atoms. The van der Waals surface area contributed by atoms with Gasteiger partial charge in [-0.05, 0) is 97.6 Å². The molecule has 210 valence electrons. The Balaban J connectivity index is 1.27. The molecule has 0 N–H and O–H groups in total. The van der Waals surface area contributed by atoms with Gasteiger partial charge in [0.2, 0.25) is 0 Å². The summed E-state index contributed by atoms with van der Waals surface area (Å²) in [6.45, 7) is 4.70. The zero-order valence-electron chi connectivity index (χ0n) is 24.8. The molecule has 0 saturated carbocycles. The van der Waals surface area contributed by atoms with E-state index in [9.17, 15) is 10.5 Å². The number of benzene rings is 6. The first kappa shape index (κ1) is 26.0. The number of hydrogen-bond acceptors (Lipinski definition) is 3. The maximum Gasteiger partial charge on any atom is 0.0991 e. The third kappa shape index (κ3) is 3.54. The summed E-state index contributed by atoms with van der Waals surface area (Å²) < 4.78 is 2.63. The Labute approximate surface area is 266 Å². The SMILES string of the molecule is CC1(C)c2ccccc2-c2ccc3c(sc4ccc(-c5cc(C#N)ccc5C5c6ccccc6-c6cc(C#N)ccc65)cc43)c21. The lowest BCUT2D eigenvalue weighted by molar-refractivity contribution is 0.667. The highest BCUT2D eigenvalue weighted by Crippen LogP contribution is 2.54. The second kappa shape index (κ2) is 9.26. The number of nitriles is 2. The first-order chi connectivity index (χ1) is 22.0. The molecule has 2 nitrogen and oxygen atoms in total. The van der Waals surface area contributed by atoms with Crippen LogP contribution in [-0.2, 0) is 5.41 Å². The van der Waals surface area contributed by atoms with E-state index in [2.05, 4.69) is 117 Å².